The predicted molar refractivity (Wildman–Crippen MR) is 55.5 cm³/mol. The van der Waals surface area contributed by atoms with Crippen molar-refractivity contribution in [3.8, 4) is 0 Å². The fourth-order valence-corrected chi connectivity index (χ4v) is 2.31. The van der Waals surface area contributed by atoms with Gasteiger partial charge in [0, 0.05) is 6.07 Å². The maximum atomic E-state index is 12.9. The minimum Gasteiger partial charge on any atom is -0.206 e. The molecule has 1 aliphatic carbocycles. The summed E-state index contributed by atoms with van der Waals surface area (Å²) < 4.78 is 12.9. The molecule has 1 fully saturated rings. The van der Waals surface area contributed by atoms with Crippen LogP contribution >= 0.6 is 0 Å². The highest BCUT2D eigenvalue weighted by atomic mass is 19.1. The Morgan fingerprint density at radius 1 is 1.21 bits per heavy atom. The van der Waals surface area contributed by atoms with E-state index in [0.717, 1.165) is 17.9 Å². The van der Waals surface area contributed by atoms with E-state index in [0.29, 0.717) is 0 Å². The molecule has 0 heterocycles. The number of benzene rings is 1. The summed E-state index contributed by atoms with van der Waals surface area (Å²) in [5.41, 5.74) is 1.04. The van der Waals surface area contributed by atoms with Crippen LogP contribution in [-0.4, -0.2) is 0 Å². The van der Waals surface area contributed by atoms with Gasteiger partial charge in [0.15, 0.2) is 0 Å². The predicted octanol–water partition coefficient (Wildman–Crippen LogP) is 3.75. The highest BCUT2D eigenvalue weighted by Crippen LogP contribution is 2.26. The third-order valence-corrected chi connectivity index (χ3v) is 3.05. The molecule has 0 aromatic heterocycles. The Balaban J connectivity index is 1.95. The van der Waals surface area contributed by atoms with Crippen molar-refractivity contribution in [3.63, 3.8) is 0 Å². The Morgan fingerprint density at radius 2 is 2.00 bits per heavy atom. The second-order valence-electron chi connectivity index (χ2n) is 4.23. The van der Waals surface area contributed by atoms with Gasteiger partial charge in [0.1, 0.15) is 5.82 Å². The van der Waals surface area contributed by atoms with Gasteiger partial charge in [-0.05, 0) is 24.0 Å². The molecule has 0 aliphatic heterocycles. The molecule has 0 atom stereocenters. The van der Waals surface area contributed by atoms with Gasteiger partial charge in [0.25, 0.3) is 0 Å². The largest absolute Gasteiger partial charge is 0.206 e. The summed E-state index contributed by atoms with van der Waals surface area (Å²) >= 11 is 0. The van der Waals surface area contributed by atoms with Crippen molar-refractivity contribution in [2.75, 3.05) is 0 Å². The SMILES string of the molecule is Fc1[c]c(CC2CCCCC2)ccc1. The van der Waals surface area contributed by atoms with Gasteiger partial charge < -0.3 is 0 Å². The monoisotopic (exact) mass is 191 g/mol. The molecule has 0 N–H and O–H groups in total. The summed E-state index contributed by atoms with van der Waals surface area (Å²) in [4.78, 5) is 0. The van der Waals surface area contributed by atoms with E-state index in [-0.39, 0.29) is 5.82 Å². The van der Waals surface area contributed by atoms with Crippen LogP contribution in [-0.2, 0) is 6.42 Å². The molecule has 1 saturated carbocycles. The van der Waals surface area contributed by atoms with Gasteiger partial charge in [-0.25, -0.2) is 4.39 Å². The lowest BCUT2D eigenvalue weighted by Gasteiger charge is -2.21. The van der Waals surface area contributed by atoms with Gasteiger partial charge in [-0.1, -0.05) is 44.2 Å². The highest BCUT2D eigenvalue weighted by Gasteiger charge is 2.13. The zero-order valence-corrected chi connectivity index (χ0v) is 8.43. The van der Waals surface area contributed by atoms with Crippen molar-refractivity contribution in [3.05, 3.63) is 35.6 Å². The maximum Gasteiger partial charge on any atom is 0.131 e. The fourth-order valence-electron chi connectivity index (χ4n) is 2.31. The van der Waals surface area contributed by atoms with Crippen LogP contribution in [0.4, 0.5) is 4.39 Å². The van der Waals surface area contributed by atoms with Crippen LogP contribution in [0.1, 0.15) is 37.7 Å². The first-order valence-corrected chi connectivity index (χ1v) is 5.51. The normalized spacial score (nSPS) is 18.4. The summed E-state index contributed by atoms with van der Waals surface area (Å²) in [5, 5.41) is 0. The number of halogens is 1. The van der Waals surface area contributed by atoms with Crippen LogP contribution < -0.4 is 0 Å². The zero-order chi connectivity index (χ0) is 9.80. The smallest absolute Gasteiger partial charge is 0.131 e. The Bertz CT molecular complexity index is 287. The lowest BCUT2D eigenvalue weighted by molar-refractivity contribution is 0.356. The van der Waals surface area contributed by atoms with Crippen LogP contribution in [0.5, 0.6) is 0 Å². The van der Waals surface area contributed by atoms with Gasteiger partial charge in [-0.3, -0.25) is 0 Å². The van der Waals surface area contributed by atoms with Crippen molar-refractivity contribution in [2.45, 2.75) is 38.5 Å². The number of rotatable bonds is 2. The fraction of sp³-hybridized carbons (Fsp3) is 0.538. The first kappa shape index (κ1) is 9.70. The van der Waals surface area contributed by atoms with E-state index in [9.17, 15) is 4.39 Å². The molecule has 1 heteroatoms. The Kier molecular flexibility index (Phi) is 3.18. The molecule has 0 spiro atoms. The first-order chi connectivity index (χ1) is 6.84. The maximum absolute atomic E-state index is 12.9. The molecule has 1 aromatic carbocycles. The van der Waals surface area contributed by atoms with Crippen LogP contribution in [0.15, 0.2) is 18.2 Å². The van der Waals surface area contributed by atoms with E-state index in [1.165, 1.54) is 38.2 Å². The Hall–Kier alpha value is -0.850. The van der Waals surface area contributed by atoms with E-state index in [1.807, 2.05) is 6.07 Å². The van der Waals surface area contributed by atoms with Crippen LogP contribution in [0.2, 0.25) is 0 Å². The van der Waals surface area contributed by atoms with Gasteiger partial charge in [-0.15, -0.1) is 0 Å². The Labute approximate surface area is 85.1 Å². The lowest BCUT2D eigenvalue weighted by Crippen LogP contribution is -2.09. The second kappa shape index (κ2) is 4.59. The Morgan fingerprint density at radius 3 is 2.71 bits per heavy atom. The summed E-state index contributed by atoms with van der Waals surface area (Å²) in [6, 6.07) is 8.02. The molecule has 14 heavy (non-hydrogen) atoms. The molecule has 0 bridgehead atoms. The van der Waals surface area contributed by atoms with E-state index < -0.39 is 0 Å². The van der Waals surface area contributed by atoms with E-state index >= 15 is 0 Å². The topological polar surface area (TPSA) is 0 Å². The number of hydrogen-bond donors (Lipinski definition) is 0. The van der Waals surface area contributed by atoms with Gasteiger partial charge >= 0.3 is 0 Å². The zero-order valence-electron chi connectivity index (χ0n) is 8.43. The molecule has 75 valence electrons. The van der Waals surface area contributed by atoms with Crippen LogP contribution in [0, 0.1) is 17.8 Å². The van der Waals surface area contributed by atoms with Crippen molar-refractivity contribution < 1.29 is 4.39 Å². The molecule has 2 rings (SSSR count). The summed E-state index contributed by atoms with van der Waals surface area (Å²) in [7, 11) is 0. The molecular weight excluding hydrogens is 175 g/mol. The molecule has 1 aliphatic rings. The van der Waals surface area contributed by atoms with E-state index in [2.05, 4.69) is 6.07 Å². The first-order valence-electron chi connectivity index (χ1n) is 5.51. The second-order valence-corrected chi connectivity index (χ2v) is 4.23. The minimum absolute atomic E-state index is 0.224. The van der Waals surface area contributed by atoms with E-state index in [1.54, 1.807) is 6.07 Å². The average molecular weight is 191 g/mol. The van der Waals surface area contributed by atoms with Gasteiger partial charge in [0.2, 0.25) is 0 Å². The summed E-state index contributed by atoms with van der Waals surface area (Å²) in [6.07, 6.45) is 7.70. The van der Waals surface area contributed by atoms with Crippen LogP contribution in [0.25, 0.3) is 0 Å². The third-order valence-electron chi connectivity index (χ3n) is 3.05. The van der Waals surface area contributed by atoms with Crippen molar-refractivity contribution in [2.24, 2.45) is 5.92 Å². The van der Waals surface area contributed by atoms with Gasteiger partial charge in [0.05, 0.1) is 0 Å². The lowest BCUT2D eigenvalue weighted by atomic mass is 9.85. The van der Waals surface area contributed by atoms with E-state index in [4.69, 9.17) is 0 Å². The average Bonchev–Trinajstić information content (AvgIpc) is 2.19. The van der Waals surface area contributed by atoms with Crippen molar-refractivity contribution in [1.82, 2.24) is 0 Å². The third kappa shape index (κ3) is 2.57. The molecule has 1 aromatic rings. The molecule has 1 radical (unpaired) electrons. The molecule has 0 amide bonds. The van der Waals surface area contributed by atoms with Crippen molar-refractivity contribution in [1.29, 1.82) is 0 Å². The van der Waals surface area contributed by atoms with Gasteiger partial charge in [-0.2, -0.15) is 0 Å². The standard InChI is InChI=1S/C13H16F/c14-13-8-4-7-12(10-13)9-11-5-2-1-3-6-11/h4,7-8,11H,1-3,5-6,9H2. The molecule has 0 nitrogen and oxygen atoms in total. The highest BCUT2D eigenvalue weighted by molar-refractivity contribution is 5.15. The van der Waals surface area contributed by atoms with Crippen LogP contribution in [0.3, 0.4) is 0 Å². The summed E-state index contributed by atoms with van der Waals surface area (Å²) in [6.45, 7) is 0. The summed E-state index contributed by atoms with van der Waals surface area (Å²) in [5.74, 6) is 0.542. The quantitative estimate of drug-likeness (QED) is 0.668. The molecule has 0 unspecified atom stereocenters. The molecule has 0 saturated heterocycles. The molecular formula is C13H16F. The van der Waals surface area contributed by atoms with Crippen molar-refractivity contribution >= 4 is 0 Å². The number of hydrogen-bond acceptors (Lipinski definition) is 0. The minimum atomic E-state index is -0.224.